The van der Waals surface area contributed by atoms with E-state index in [0.29, 0.717) is 5.92 Å². The first-order valence-electron chi connectivity index (χ1n) is 6.69. The molecule has 3 nitrogen and oxygen atoms in total. The molecule has 0 saturated heterocycles. The summed E-state index contributed by atoms with van der Waals surface area (Å²) in [6.45, 7) is 6.37. The molecule has 1 saturated carbocycles. The summed E-state index contributed by atoms with van der Waals surface area (Å²) in [6, 6.07) is 6.17. The molecule has 2 rings (SSSR count). The van der Waals surface area contributed by atoms with Crippen LogP contribution >= 0.6 is 0 Å². The summed E-state index contributed by atoms with van der Waals surface area (Å²) in [4.78, 5) is 0. The quantitative estimate of drug-likeness (QED) is 0.853. The van der Waals surface area contributed by atoms with E-state index in [9.17, 15) is 8.42 Å². The maximum Gasteiger partial charge on any atom is 0.232 e. The fraction of sp³-hybridized carbons (Fsp3) is 0.600. The summed E-state index contributed by atoms with van der Waals surface area (Å²) in [7, 11) is -1.58. The van der Waals surface area contributed by atoms with Crippen molar-refractivity contribution in [1.82, 2.24) is 0 Å². The van der Waals surface area contributed by atoms with Crippen molar-refractivity contribution in [3.63, 3.8) is 0 Å². The number of rotatable bonds is 3. The van der Waals surface area contributed by atoms with E-state index in [0.717, 1.165) is 24.1 Å². The smallest absolute Gasteiger partial charge is 0.232 e. The van der Waals surface area contributed by atoms with Gasteiger partial charge in [-0.25, -0.2) is 8.42 Å². The fourth-order valence-electron chi connectivity index (χ4n) is 2.41. The summed E-state index contributed by atoms with van der Waals surface area (Å²) in [6.07, 6.45) is 3.60. The highest BCUT2D eigenvalue weighted by atomic mass is 32.2. The zero-order valence-electron chi connectivity index (χ0n) is 12.4. The highest BCUT2D eigenvalue weighted by molar-refractivity contribution is 7.92. The average molecular weight is 281 g/mol. The fourth-order valence-corrected chi connectivity index (χ4v) is 2.94. The Bertz CT molecular complexity index is 581. The zero-order valence-corrected chi connectivity index (χ0v) is 13.2. The molecule has 19 heavy (non-hydrogen) atoms. The Morgan fingerprint density at radius 2 is 1.79 bits per heavy atom. The van der Waals surface area contributed by atoms with Crippen LogP contribution in [0, 0.1) is 0 Å². The van der Waals surface area contributed by atoms with Crippen LogP contribution in [0.1, 0.15) is 50.7 Å². The first-order valence-corrected chi connectivity index (χ1v) is 8.54. The Morgan fingerprint density at radius 1 is 1.21 bits per heavy atom. The lowest BCUT2D eigenvalue weighted by Gasteiger charge is -2.30. The predicted molar refractivity (Wildman–Crippen MR) is 80.4 cm³/mol. The van der Waals surface area contributed by atoms with Crippen molar-refractivity contribution >= 4 is 15.7 Å². The third-order valence-electron chi connectivity index (χ3n) is 3.70. The maximum absolute atomic E-state index is 11.9. The van der Waals surface area contributed by atoms with E-state index < -0.39 is 10.0 Å². The van der Waals surface area contributed by atoms with Gasteiger partial charge < -0.3 is 0 Å². The highest BCUT2D eigenvalue weighted by Crippen LogP contribution is 2.47. The molecule has 0 bridgehead atoms. The average Bonchev–Trinajstić information content (AvgIpc) is 3.08. The van der Waals surface area contributed by atoms with Gasteiger partial charge in [-0.15, -0.1) is 0 Å². The molecule has 0 heterocycles. The van der Waals surface area contributed by atoms with Crippen LogP contribution in [0.3, 0.4) is 0 Å². The molecule has 1 aliphatic rings. The van der Waals surface area contributed by atoms with Gasteiger partial charge in [-0.1, -0.05) is 39.0 Å². The normalized spacial score (nSPS) is 16.5. The molecule has 106 valence electrons. The minimum atomic E-state index is -3.23. The van der Waals surface area contributed by atoms with E-state index in [1.165, 1.54) is 16.1 Å². The standard InChI is InChI=1S/C15H23NO2S/c1-15(2,3)13-8-6-7-12(11-9-10-11)14(13)16(4)19(5,17)18/h6-8,11H,9-10H2,1-5H3. The lowest BCUT2D eigenvalue weighted by atomic mass is 9.84. The van der Waals surface area contributed by atoms with Gasteiger partial charge in [0.2, 0.25) is 10.0 Å². The number of hydrogen-bond acceptors (Lipinski definition) is 2. The molecular weight excluding hydrogens is 258 g/mol. The van der Waals surface area contributed by atoms with Crippen LogP contribution in [0.5, 0.6) is 0 Å². The number of hydrogen-bond donors (Lipinski definition) is 0. The van der Waals surface area contributed by atoms with Gasteiger partial charge in [-0.2, -0.15) is 0 Å². The summed E-state index contributed by atoms with van der Waals surface area (Å²) in [5, 5.41) is 0. The molecule has 1 fully saturated rings. The molecule has 0 aliphatic heterocycles. The van der Waals surface area contributed by atoms with Gasteiger partial charge in [0.25, 0.3) is 0 Å². The van der Waals surface area contributed by atoms with Gasteiger partial charge in [0.1, 0.15) is 0 Å². The molecule has 0 radical (unpaired) electrons. The predicted octanol–water partition coefficient (Wildman–Crippen LogP) is 3.26. The van der Waals surface area contributed by atoms with Crippen LogP contribution in [-0.4, -0.2) is 21.7 Å². The Kier molecular flexibility index (Phi) is 3.42. The number of sulfonamides is 1. The molecule has 0 unspecified atom stereocenters. The van der Waals surface area contributed by atoms with Crippen LogP contribution in [0.4, 0.5) is 5.69 Å². The van der Waals surface area contributed by atoms with Gasteiger partial charge in [-0.05, 0) is 35.3 Å². The molecule has 0 spiro atoms. The zero-order chi connectivity index (χ0) is 14.4. The largest absolute Gasteiger partial charge is 0.273 e. The van der Waals surface area contributed by atoms with Gasteiger partial charge >= 0.3 is 0 Å². The molecule has 1 aliphatic carbocycles. The first-order chi connectivity index (χ1) is 8.62. The molecule has 0 N–H and O–H groups in total. The van der Waals surface area contributed by atoms with Gasteiger partial charge in [0, 0.05) is 7.05 Å². The van der Waals surface area contributed by atoms with Crippen LogP contribution in [0.15, 0.2) is 18.2 Å². The molecule has 0 atom stereocenters. The number of nitrogens with zero attached hydrogens (tertiary/aromatic N) is 1. The van der Waals surface area contributed by atoms with Crippen LogP contribution in [0.2, 0.25) is 0 Å². The second kappa shape index (κ2) is 4.51. The maximum atomic E-state index is 11.9. The van der Waals surface area contributed by atoms with Crippen LogP contribution in [0.25, 0.3) is 0 Å². The van der Waals surface area contributed by atoms with Crippen molar-refractivity contribution in [2.45, 2.75) is 44.9 Å². The highest BCUT2D eigenvalue weighted by Gasteiger charge is 2.32. The number of anilines is 1. The molecule has 4 heteroatoms. The van der Waals surface area contributed by atoms with Crippen LogP contribution in [-0.2, 0) is 15.4 Å². The monoisotopic (exact) mass is 281 g/mol. The van der Waals surface area contributed by atoms with Crippen molar-refractivity contribution in [2.24, 2.45) is 0 Å². The number of benzene rings is 1. The second-order valence-corrected chi connectivity index (χ2v) is 8.51. The third kappa shape index (κ3) is 2.94. The van der Waals surface area contributed by atoms with E-state index in [4.69, 9.17) is 0 Å². The lowest BCUT2D eigenvalue weighted by molar-refractivity contribution is 0.585. The Balaban J connectivity index is 2.66. The van der Waals surface area contributed by atoms with Crippen molar-refractivity contribution in [3.8, 4) is 0 Å². The second-order valence-electron chi connectivity index (χ2n) is 6.50. The SMILES string of the molecule is CN(c1c(C2CC2)cccc1C(C)(C)C)S(C)(=O)=O. The van der Waals surface area contributed by atoms with Crippen molar-refractivity contribution in [2.75, 3.05) is 17.6 Å². The lowest BCUT2D eigenvalue weighted by Crippen LogP contribution is -2.29. The Morgan fingerprint density at radius 3 is 2.21 bits per heavy atom. The Labute approximate surface area is 116 Å². The minimum Gasteiger partial charge on any atom is -0.273 e. The summed E-state index contributed by atoms with van der Waals surface area (Å²) in [5.74, 6) is 0.529. The van der Waals surface area contributed by atoms with E-state index in [1.54, 1.807) is 7.05 Å². The van der Waals surface area contributed by atoms with E-state index >= 15 is 0 Å². The molecular formula is C15H23NO2S. The Hall–Kier alpha value is -1.03. The van der Waals surface area contributed by atoms with Crippen LogP contribution < -0.4 is 4.31 Å². The number of para-hydroxylation sites is 1. The topological polar surface area (TPSA) is 37.4 Å². The molecule has 1 aromatic rings. The summed E-state index contributed by atoms with van der Waals surface area (Å²) < 4.78 is 25.3. The van der Waals surface area contributed by atoms with Crippen molar-refractivity contribution in [3.05, 3.63) is 29.3 Å². The molecule has 0 amide bonds. The molecule has 1 aromatic carbocycles. The van der Waals surface area contributed by atoms with E-state index in [-0.39, 0.29) is 5.41 Å². The third-order valence-corrected chi connectivity index (χ3v) is 4.88. The van der Waals surface area contributed by atoms with E-state index in [2.05, 4.69) is 26.8 Å². The van der Waals surface area contributed by atoms with Crippen molar-refractivity contribution < 1.29 is 8.42 Å². The van der Waals surface area contributed by atoms with Gasteiger partial charge in [0.05, 0.1) is 11.9 Å². The minimum absolute atomic E-state index is 0.0703. The first kappa shape index (κ1) is 14.4. The van der Waals surface area contributed by atoms with E-state index in [1.807, 2.05) is 12.1 Å². The molecule has 0 aromatic heterocycles. The summed E-state index contributed by atoms with van der Waals surface area (Å²) >= 11 is 0. The van der Waals surface area contributed by atoms with Gasteiger partial charge in [0.15, 0.2) is 0 Å². The summed E-state index contributed by atoms with van der Waals surface area (Å²) in [5.41, 5.74) is 3.10. The van der Waals surface area contributed by atoms with Gasteiger partial charge in [-0.3, -0.25) is 4.31 Å². The van der Waals surface area contributed by atoms with Crippen molar-refractivity contribution in [1.29, 1.82) is 0 Å².